The van der Waals surface area contributed by atoms with Crippen LogP contribution in [0.15, 0.2) is 33.6 Å². The molecule has 0 bridgehead atoms. The number of halogens is 2. The Labute approximate surface area is 123 Å². The third-order valence-corrected chi connectivity index (χ3v) is 3.95. The van der Waals surface area contributed by atoms with Crippen LogP contribution in [-0.4, -0.2) is 30.3 Å². The minimum atomic E-state index is -4.69. The van der Waals surface area contributed by atoms with Crippen LogP contribution in [0.5, 0.6) is 0 Å². The highest BCUT2D eigenvalue weighted by Gasteiger charge is 2.26. The highest BCUT2D eigenvalue weighted by atomic mass is 32.2. The van der Waals surface area contributed by atoms with Crippen LogP contribution < -0.4 is 0 Å². The largest absolute Gasteiger partial charge is 0.452 e. The molecule has 0 saturated carbocycles. The summed E-state index contributed by atoms with van der Waals surface area (Å²) in [6, 6.07) is 3.98. The van der Waals surface area contributed by atoms with Crippen LogP contribution in [0.3, 0.4) is 0 Å². The Hall–Kier alpha value is -2.36. The van der Waals surface area contributed by atoms with E-state index in [4.69, 9.17) is 9.15 Å². The van der Waals surface area contributed by atoms with Crippen molar-refractivity contribution in [2.24, 2.45) is 0 Å². The first-order valence-electron chi connectivity index (χ1n) is 5.89. The van der Waals surface area contributed by atoms with Crippen molar-refractivity contribution in [1.82, 2.24) is 10.2 Å². The predicted octanol–water partition coefficient (Wildman–Crippen LogP) is 1.73. The van der Waals surface area contributed by atoms with Gasteiger partial charge in [-0.05, 0) is 24.3 Å². The molecule has 1 aromatic carbocycles. The van der Waals surface area contributed by atoms with Crippen LogP contribution in [0.1, 0.15) is 22.1 Å². The van der Waals surface area contributed by atoms with Crippen molar-refractivity contribution in [3.05, 3.63) is 41.6 Å². The molecule has 0 amide bonds. The van der Waals surface area contributed by atoms with E-state index < -0.39 is 26.5 Å². The van der Waals surface area contributed by atoms with E-state index in [-0.39, 0.29) is 18.1 Å². The number of hydrogen-bond donors (Lipinski definition) is 0. The smallest absolute Gasteiger partial charge is 0.341 e. The molecule has 0 atom stereocenters. The van der Waals surface area contributed by atoms with E-state index in [0.717, 1.165) is 24.3 Å². The highest BCUT2D eigenvalue weighted by Crippen LogP contribution is 2.19. The summed E-state index contributed by atoms with van der Waals surface area (Å²) in [6.45, 7) is 1.32. The van der Waals surface area contributed by atoms with Gasteiger partial charge in [0.1, 0.15) is 0 Å². The Balaban J connectivity index is 2.05. The van der Waals surface area contributed by atoms with Gasteiger partial charge in [0.25, 0.3) is 5.89 Å². The average molecular weight is 332 g/mol. The molecule has 0 N–H and O–H groups in total. The van der Waals surface area contributed by atoms with Gasteiger partial charge in [0, 0.05) is 6.92 Å². The summed E-state index contributed by atoms with van der Waals surface area (Å²) < 4.78 is 57.1. The van der Waals surface area contributed by atoms with Gasteiger partial charge in [0.15, 0.2) is 6.61 Å². The number of carbonyl (C=O) groups excluding carboxylic acids is 1. The minimum absolute atomic E-state index is 0.00412. The summed E-state index contributed by atoms with van der Waals surface area (Å²) in [6.07, 6.45) is 0. The van der Waals surface area contributed by atoms with Crippen LogP contribution in [0.4, 0.5) is 8.78 Å². The van der Waals surface area contributed by atoms with Crippen molar-refractivity contribution >= 4 is 15.8 Å². The molecule has 0 unspecified atom stereocenters. The van der Waals surface area contributed by atoms with E-state index >= 15 is 0 Å². The lowest BCUT2D eigenvalue weighted by atomic mass is 10.2. The maximum Gasteiger partial charge on any atom is 0.341 e. The third-order valence-electron chi connectivity index (χ3n) is 2.55. The second-order valence-electron chi connectivity index (χ2n) is 4.12. The standard InChI is InChI=1S/C12H10F2N2O5S/c1-7-15-16-10(21-7)6-20-11(17)8-2-4-9(5-3-8)22(18,19)12(13)14/h2-5,12H,6H2,1H3. The molecule has 0 aliphatic rings. The molecule has 0 aliphatic carbocycles. The number of esters is 1. The zero-order chi connectivity index (χ0) is 16.3. The van der Waals surface area contributed by atoms with E-state index in [2.05, 4.69) is 10.2 Å². The number of nitrogens with zero attached hydrogens (tertiary/aromatic N) is 2. The summed E-state index contributed by atoms with van der Waals surface area (Å²) in [5, 5.41) is 7.17. The van der Waals surface area contributed by atoms with Gasteiger partial charge in [0.2, 0.25) is 15.7 Å². The number of rotatable bonds is 5. The lowest BCUT2D eigenvalue weighted by Gasteiger charge is -2.05. The lowest BCUT2D eigenvalue weighted by molar-refractivity contribution is 0.0436. The van der Waals surface area contributed by atoms with Gasteiger partial charge in [-0.25, -0.2) is 13.2 Å². The van der Waals surface area contributed by atoms with Crippen LogP contribution in [0, 0.1) is 6.92 Å². The minimum Gasteiger partial charge on any atom is -0.452 e. The third kappa shape index (κ3) is 3.45. The molecule has 0 saturated heterocycles. The number of ether oxygens (including phenoxy) is 1. The fourth-order valence-corrected chi connectivity index (χ4v) is 2.21. The zero-order valence-electron chi connectivity index (χ0n) is 11.2. The Morgan fingerprint density at radius 1 is 1.27 bits per heavy atom. The maximum atomic E-state index is 12.4. The number of alkyl halides is 2. The molecule has 0 aliphatic heterocycles. The number of carbonyl (C=O) groups is 1. The monoisotopic (exact) mass is 332 g/mol. The van der Waals surface area contributed by atoms with Crippen molar-refractivity contribution in [2.75, 3.05) is 0 Å². The summed E-state index contributed by atoms with van der Waals surface area (Å²) in [5.74, 6) is -3.89. The van der Waals surface area contributed by atoms with Gasteiger partial charge >= 0.3 is 11.7 Å². The Morgan fingerprint density at radius 3 is 2.41 bits per heavy atom. The van der Waals surface area contributed by atoms with Gasteiger partial charge in [-0.1, -0.05) is 0 Å². The van der Waals surface area contributed by atoms with Crippen LogP contribution in [0.25, 0.3) is 0 Å². The van der Waals surface area contributed by atoms with Crippen LogP contribution in [0.2, 0.25) is 0 Å². The van der Waals surface area contributed by atoms with Gasteiger partial charge in [-0.3, -0.25) is 0 Å². The maximum absolute atomic E-state index is 12.4. The second kappa shape index (κ2) is 6.18. The second-order valence-corrected chi connectivity index (χ2v) is 6.04. The fraction of sp³-hybridized carbons (Fsp3) is 0.250. The van der Waals surface area contributed by atoms with E-state index in [9.17, 15) is 22.0 Å². The van der Waals surface area contributed by atoms with Crippen molar-refractivity contribution in [1.29, 1.82) is 0 Å². The topological polar surface area (TPSA) is 99.4 Å². The Kier molecular flexibility index (Phi) is 4.50. The quantitative estimate of drug-likeness (QED) is 0.769. The van der Waals surface area contributed by atoms with E-state index in [0.29, 0.717) is 5.89 Å². The number of sulfone groups is 1. The summed E-state index contributed by atoms with van der Waals surface area (Å²) in [7, 11) is -4.69. The predicted molar refractivity (Wildman–Crippen MR) is 67.8 cm³/mol. The molecule has 7 nitrogen and oxygen atoms in total. The fourth-order valence-electron chi connectivity index (χ4n) is 1.49. The molecule has 0 spiro atoms. The molecule has 2 aromatic rings. The molecular weight excluding hydrogens is 322 g/mol. The van der Waals surface area contributed by atoms with Crippen LogP contribution >= 0.6 is 0 Å². The molecule has 1 aromatic heterocycles. The molecule has 0 fully saturated rings. The lowest BCUT2D eigenvalue weighted by Crippen LogP contribution is -2.12. The summed E-state index contributed by atoms with van der Waals surface area (Å²) >= 11 is 0. The molecule has 1 heterocycles. The first-order valence-corrected chi connectivity index (χ1v) is 7.43. The van der Waals surface area contributed by atoms with Crippen molar-refractivity contribution < 1.29 is 31.1 Å². The number of aromatic nitrogens is 2. The molecule has 118 valence electrons. The van der Waals surface area contributed by atoms with Crippen LogP contribution in [-0.2, 0) is 21.2 Å². The summed E-state index contributed by atoms with van der Waals surface area (Å²) in [4.78, 5) is 11.1. The van der Waals surface area contributed by atoms with Gasteiger partial charge < -0.3 is 9.15 Å². The summed E-state index contributed by atoms with van der Waals surface area (Å²) in [5.41, 5.74) is 0.00412. The van der Waals surface area contributed by atoms with Crippen molar-refractivity contribution in [3.63, 3.8) is 0 Å². The normalized spacial score (nSPS) is 11.6. The van der Waals surface area contributed by atoms with Gasteiger partial charge in [0.05, 0.1) is 10.5 Å². The van der Waals surface area contributed by atoms with Gasteiger partial charge in [-0.15, -0.1) is 10.2 Å². The first-order chi connectivity index (χ1) is 10.3. The highest BCUT2D eigenvalue weighted by molar-refractivity contribution is 7.91. The average Bonchev–Trinajstić information content (AvgIpc) is 2.90. The number of aryl methyl sites for hydroxylation is 1. The Morgan fingerprint density at radius 2 is 1.91 bits per heavy atom. The number of benzene rings is 1. The van der Waals surface area contributed by atoms with Crippen molar-refractivity contribution in [3.8, 4) is 0 Å². The van der Waals surface area contributed by atoms with E-state index in [1.54, 1.807) is 6.92 Å². The van der Waals surface area contributed by atoms with Gasteiger partial charge in [-0.2, -0.15) is 8.78 Å². The molecule has 22 heavy (non-hydrogen) atoms. The SMILES string of the molecule is Cc1nnc(COC(=O)c2ccc(S(=O)(=O)C(F)F)cc2)o1. The molecule has 2 rings (SSSR count). The molecule has 0 radical (unpaired) electrons. The van der Waals surface area contributed by atoms with E-state index in [1.165, 1.54) is 0 Å². The molecule has 10 heteroatoms. The van der Waals surface area contributed by atoms with E-state index in [1.807, 2.05) is 0 Å². The zero-order valence-corrected chi connectivity index (χ0v) is 12.0. The molecular formula is C12H10F2N2O5S. The Bertz CT molecular complexity index is 771. The van der Waals surface area contributed by atoms with Crippen molar-refractivity contribution in [2.45, 2.75) is 24.2 Å². The first kappa shape index (κ1) is 16.0. The number of hydrogen-bond acceptors (Lipinski definition) is 7.